The lowest BCUT2D eigenvalue weighted by Gasteiger charge is -2.05. The number of para-hydroxylation sites is 1. The van der Waals surface area contributed by atoms with Gasteiger partial charge in [-0.3, -0.25) is 14.2 Å². The van der Waals surface area contributed by atoms with E-state index in [0.717, 1.165) is 10.2 Å². The van der Waals surface area contributed by atoms with Gasteiger partial charge in [0.05, 0.1) is 22.5 Å². The smallest absolute Gasteiger partial charge is 0.308 e. The van der Waals surface area contributed by atoms with Gasteiger partial charge in [0.25, 0.3) is 0 Å². The lowest BCUT2D eigenvalue weighted by molar-refractivity contribution is -0.113. The predicted octanol–water partition coefficient (Wildman–Crippen LogP) is 2.43. The second-order valence-electron chi connectivity index (χ2n) is 5.55. The third kappa shape index (κ3) is 3.80. The maximum Gasteiger partial charge on any atom is 0.308 e. The van der Waals surface area contributed by atoms with Crippen LogP contribution in [0.25, 0.3) is 10.2 Å². The first-order valence-corrected chi connectivity index (χ1v) is 10.6. The van der Waals surface area contributed by atoms with E-state index in [1.807, 2.05) is 31.3 Å². The maximum absolute atomic E-state index is 12.3. The van der Waals surface area contributed by atoms with Crippen molar-refractivity contribution < 1.29 is 4.79 Å². The van der Waals surface area contributed by atoms with Gasteiger partial charge >= 0.3 is 4.87 Å². The van der Waals surface area contributed by atoms with E-state index in [0.29, 0.717) is 22.7 Å². The van der Waals surface area contributed by atoms with Crippen molar-refractivity contribution in [1.82, 2.24) is 24.3 Å². The molecule has 1 amide bonds. The molecule has 0 unspecified atom stereocenters. The molecule has 1 aromatic carbocycles. The summed E-state index contributed by atoms with van der Waals surface area (Å²) < 4.78 is 4.44. The molecule has 0 aliphatic rings. The average molecular weight is 419 g/mol. The fraction of sp³-hybridized carbons (Fsp3) is 0.188. The van der Waals surface area contributed by atoms with E-state index >= 15 is 0 Å². The van der Waals surface area contributed by atoms with Gasteiger partial charge in [0.15, 0.2) is 16.1 Å². The zero-order valence-corrected chi connectivity index (χ0v) is 16.6. The van der Waals surface area contributed by atoms with Gasteiger partial charge in [-0.05, 0) is 12.1 Å². The van der Waals surface area contributed by atoms with Crippen molar-refractivity contribution in [3.05, 3.63) is 51.3 Å². The Morgan fingerprint density at radius 3 is 2.96 bits per heavy atom. The Balaban J connectivity index is 1.46. The van der Waals surface area contributed by atoms with Crippen molar-refractivity contribution >= 4 is 55.7 Å². The van der Waals surface area contributed by atoms with Gasteiger partial charge in [-0.2, -0.15) is 0 Å². The fourth-order valence-corrected chi connectivity index (χ4v) is 4.65. The number of nitrogens with one attached hydrogen (secondary N) is 1. The summed E-state index contributed by atoms with van der Waals surface area (Å²) in [4.78, 5) is 28.3. The standard InChI is InChI=1S/C16H14N6O2S3/c1-21-12(8-22-10-4-2-3-5-11(10)27-16(22)24)19-20-15(21)26-9-13(23)18-14-17-6-7-25-14/h2-7H,8-9H2,1H3,(H,17,18,23). The number of thioether (sulfide) groups is 1. The van der Waals surface area contributed by atoms with Crippen LogP contribution in [0.15, 0.2) is 45.8 Å². The highest BCUT2D eigenvalue weighted by Crippen LogP contribution is 2.20. The van der Waals surface area contributed by atoms with Crippen LogP contribution in [0.5, 0.6) is 0 Å². The molecule has 138 valence electrons. The molecule has 0 fully saturated rings. The number of benzene rings is 1. The minimum absolute atomic E-state index is 0.0313. The summed E-state index contributed by atoms with van der Waals surface area (Å²) in [5, 5.41) is 14.1. The summed E-state index contributed by atoms with van der Waals surface area (Å²) >= 11 is 3.87. The monoisotopic (exact) mass is 418 g/mol. The first kappa shape index (κ1) is 17.9. The Labute approximate surface area is 165 Å². The van der Waals surface area contributed by atoms with Crippen molar-refractivity contribution in [3.8, 4) is 0 Å². The van der Waals surface area contributed by atoms with E-state index in [1.54, 1.807) is 20.7 Å². The third-order valence-corrected chi connectivity index (χ3v) is 6.48. The summed E-state index contributed by atoms with van der Waals surface area (Å²) in [7, 11) is 1.83. The lowest BCUT2D eigenvalue weighted by atomic mass is 10.3. The Morgan fingerprint density at radius 1 is 1.30 bits per heavy atom. The first-order chi connectivity index (χ1) is 13.1. The topological polar surface area (TPSA) is 94.7 Å². The minimum atomic E-state index is -0.153. The van der Waals surface area contributed by atoms with E-state index in [-0.39, 0.29) is 16.5 Å². The second-order valence-corrected chi connectivity index (χ2v) is 8.38. The molecule has 1 N–H and O–H groups in total. The molecule has 0 aliphatic heterocycles. The van der Waals surface area contributed by atoms with Gasteiger partial charge in [0, 0.05) is 18.6 Å². The van der Waals surface area contributed by atoms with Crippen LogP contribution < -0.4 is 10.2 Å². The molecular formula is C16H14N6O2S3. The third-order valence-electron chi connectivity index (χ3n) is 3.81. The predicted molar refractivity (Wildman–Crippen MR) is 108 cm³/mol. The summed E-state index contributed by atoms with van der Waals surface area (Å²) in [6.07, 6.45) is 1.64. The van der Waals surface area contributed by atoms with Crippen LogP contribution in [0.3, 0.4) is 0 Å². The van der Waals surface area contributed by atoms with Crippen LogP contribution >= 0.6 is 34.4 Å². The van der Waals surface area contributed by atoms with Gasteiger partial charge in [0.2, 0.25) is 5.91 Å². The van der Waals surface area contributed by atoms with Gasteiger partial charge in [0.1, 0.15) is 0 Å². The van der Waals surface area contributed by atoms with Crippen LogP contribution in [0.1, 0.15) is 5.82 Å². The number of fused-ring (bicyclic) bond motifs is 1. The summed E-state index contributed by atoms with van der Waals surface area (Å²) in [6, 6.07) is 7.67. The second kappa shape index (κ2) is 7.62. The molecule has 0 atom stereocenters. The van der Waals surface area contributed by atoms with Crippen LogP contribution in [0.4, 0.5) is 5.13 Å². The van der Waals surface area contributed by atoms with E-state index < -0.39 is 0 Å². The van der Waals surface area contributed by atoms with Gasteiger partial charge in [-0.15, -0.1) is 21.5 Å². The highest BCUT2D eigenvalue weighted by Gasteiger charge is 2.15. The summed E-state index contributed by atoms with van der Waals surface area (Å²) in [5.74, 6) is 0.704. The van der Waals surface area contributed by atoms with Gasteiger partial charge < -0.3 is 9.88 Å². The van der Waals surface area contributed by atoms with E-state index in [1.165, 1.54) is 34.4 Å². The molecule has 8 nitrogen and oxygen atoms in total. The molecule has 27 heavy (non-hydrogen) atoms. The molecule has 0 saturated heterocycles. The highest BCUT2D eigenvalue weighted by atomic mass is 32.2. The van der Waals surface area contributed by atoms with Crippen LogP contribution in [0, 0.1) is 0 Å². The number of hydrogen-bond acceptors (Lipinski definition) is 8. The normalized spacial score (nSPS) is 11.1. The van der Waals surface area contributed by atoms with Crippen LogP contribution in [0.2, 0.25) is 0 Å². The quantitative estimate of drug-likeness (QED) is 0.483. The molecule has 4 aromatic rings. The molecule has 0 radical (unpaired) electrons. The molecule has 11 heteroatoms. The van der Waals surface area contributed by atoms with Crippen molar-refractivity contribution in [2.75, 3.05) is 11.1 Å². The molecular weight excluding hydrogens is 404 g/mol. The fourth-order valence-electron chi connectivity index (χ4n) is 2.48. The number of anilines is 1. The minimum Gasteiger partial charge on any atom is -0.308 e. The zero-order chi connectivity index (χ0) is 18.8. The highest BCUT2D eigenvalue weighted by molar-refractivity contribution is 7.99. The molecule has 0 bridgehead atoms. The van der Waals surface area contributed by atoms with Crippen molar-refractivity contribution in [2.24, 2.45) is 7.05 Å². The number of carbonyl (C=O) groups excluding carboxylic acids is 1. The molecule has 4 rings (SSSR count). The number of nitrogens with zero attached hydrogens (tertiary/aromatic N) is 5. The van der Waals surface area contributed by atoms with E-state index in [9.17, 15) is 9.59 Å². The van der Waals surface area contributed by atoms with Gasteiger partial charge in [-0.25, -0.2) is 4.98 Å². The van der Waals surface area contributed by atoms with Crippen LogP contribution in [-0.4, -0.2) is 36.0 Å². The molecule has 0 spiro atoms. The Hall–Kier alpha value is -2.50. The average Bonchev–Trinajstić information content (AvgIpc) is 3.36. The number of rotatable bonds is 6. The summed E-state index contributed by atoms with van der Waals surface area (Å²) in [5.41, 5.74) is 0.882. The van der Waals surface area contributed by atoms with Crippen molar-refractivity contribution in [1.29, 1.82) is 0 Å². The number of carbonyl (C=O) groups is 1. The van der Waals surface area contributed by atoms with Gasteiger partial charge in [-0.1, -0.05) is 35.2 Å². The summed E-state index contributed by atoms with van der Waals surface area (Å²) in [6.45, 7) is 0.332. The first-order valence-electron chi connectivity index (χ1n) is 7.90. The number of amides is 1. The van der Waals surface area contributed by atoms with Crippen molar-refractivity contribution in [2.45, 2.75) is 11.7 Å². The van der Waals surface area contributed by atoms with Crippen LogP contribution in [-0.2, 0) is 18.4 Å². The van der Waals surface area contributed by atoms with E-state index in [4.69, 9.17) is 0 Å². The zero-order valence-electron chi connectivity index (χ0n) is 14.2. The van der Waals surface area contributed by atoms with E-state index in [2.05, 4.69) is 20.5 Å². The molecule has 3 heterocycles. The van der Waals surface area contributed by atoms with Crippen molar-refractivity contribution in [3.63, 3.8) is 0 Å². The molecule has 0 saturated carbocycles. The lowest BCUT2D eigenvalue weighted by Crippen LogP contribution is -2.16. The number of aromatic nitrogens is 5. The Morgan fingerprint density at radius 2 is 2.15 bits per heavy atom. The maximum atomic E-state index is 12.3. The number of thiazole rings is 2. The molecule has 3 aromatic heterocycles. The Bertz CT molecular complexity index is 1140. The largest absolute Gasteiger partial charge is 0.308 e. The molecule has 0 aliphatic carbocycles. The Kier molecular flexibility index (Phi) is 5.05. The SMILES string of the molecule is Cn1c(Cn2c(=O)sc3ccccc32)nnc1SCC(=O)Nc1nccs1. The number of hydrogen-bond donors (Lipinski definition) is 1.